The SMILES string of the molecule is O=C1[C@@H]2[C@H]3C[C@H]([C@H](Br)[C@@H]3Br)[C@@H]2C(=O)N1c1cc(Cl)ccc1O. The van der Waals surface area contributed by atoms with E-state index in [0.717, 1.165) is 11.3 Å². The molecule has 0 radical (unpaired) electrons. The lowest BCUT2D eigenvalue weighted by Gasteiger charge is -2.28. The van der Waals surface area contributed by atoms with Crippen molar-refractivity contribution in [3.05, 3.63) is 23.2 Å². The summed E-state index contributed by atoms with van der Waals surface area (Å²) in [6.45, 7) is 0. The van der Waals surface area contributed by atoms with Crippen LogP contribution in [-0.4, -0.2) is 26.6 Å². The number of rotatable bonds is 1. The van der Waals surface area contributed by atoms with Crippen molar-refractivity contribution in [2.75, 3.05) is 4.90 Å². The molecule has 2 bridgehead atoms. The van der Waals surface area contributed by atoms with Crippen molar-refractivity contribution in [1.29, 1.82) is 0 Å². The van der Waals surface area contributed by atoms with Gasteiger partial charge in [-0.15, -0.1) is 0 Å². The molecule has 2 amide bonds. The fraction of sp³-hybridized carbons (Fsp3) is 0.467. The second kappa shape index (κ2) is 4.95. The number of benzene rings is 1. The van der Waals surface area contributed by atoms with E-state index in [9.17, 15) is 14.7 Å². The maximum atomic E-state index is 12.8. The van der Waals surface area contributed by atoms with Crippen LogP contribution < -0.4 is 4.90 Å². The van der Waals surface area contributed by atoms with Gasteiger partial charge in [0.1, 0.15) is 5.75 Å². The first kappa shape index (κ1) is 15.0. The average molecular weight is 450 g/mol. The molecule has 22 heavy (non-hydrogen) atoms. The molecule has 4 rings (SSSR count). The number of halogens is 3. The van der Waals surface area contributed by atoms with E-state index < -0.39 is 0 Å². The Balaban J connectivity index is 1.77. The number of phenolic OH excluding ortho intramolecular Hbond substituents is 1. The molecule has 1 aromatic carbocycles. The number of carbonyl (C=O) groups is 2. The van der Waals surface area contributed by atoms with Crippen molar-refractivity contribution in [2.45, 2.75) is 16.1 Å². The fourth-order valence-corrected chi connectivity index (χ4v) is 6.30. The minimum Gasteiger partial charge on any atom is -0.506 e. The summed E-state index contributed by atoms with van der Waals surface area (Å²) >= 11 is 13.2. The molecular formula is C15H12Br2ClNO3. The molecule has 3 fully saturated rings. The summed E-state index contributed by atoms with van der Waals surface area (Å²) in [7, 11) is 0. The van der Waals surface area contributed by atoms with Crippen molar-refractivity contribution in [1.82, 2.24) is 0 Å². The van der Waals surface area contributed by atoms with Gasteiger partial charge in [-0.1, -0.05) is 43.5 Å². The molecule has 116 valence electrons. The second-order valence-electron chi connectivity index (χ2n) is 6.15. The van der Waals surface area contributed by atoms with E-state index in [1.54, 1.807) is 0 Å². The van der Waals surface area contributed by atoms with Gasteiger partial charge in [-0.3, -0.25) is 9.59 Å². The fourth-order valence-electron chi connectivity index (χ4n) is 4.26. The lowest BCUT2D eigenvalue weighted by Crippen LogP contribution is -2.37. The number of amides is 2. The summed E-state index contributed by atoms with van der Waals surface area (Å²) < 4.78 is 0. The first-order valence-electron chi connectivity index (χ1n) is 7.06. The third-order valence-corrected chi connectivity index (χ3v) is 8.61. The second-order valence-corrected chi connectivity index (χ2v) is 8.70. The number of aromatic hydroxyl groups is 1. The van der Waals surface area contributed by atoms with Crippen LogP contribution in [0.3, 0.4) is 0 Å². The predicted molar refractivity (Wildman–Crippen MR) is 89.6 cm³/mol. The van der Waals surface area contributed by atoms with Gasteiger partial charge < -0.3 is 5.11 Å². The number of hydrogen-bond donors (Lipinski definition) is 1. The number of alkyl halides is 2. The van der Waals surface area contributed by atoms with Crippen LogP contribution in [0.25, 0.3) is 0 Å². The summed E-state index contributed by atoms with van der Waals surface area (Å²) in [6.07, 6.45) is 0.883. The van der Waals surface area contributed by atoms with Gasteiger partial charge in [0.15, 0.2) is 0 Å². The van der Waals surface area contributed by atoms with Crippen molar-refractivity contribution in [2.24, 2.45) is 23.7 Å². The molecule has 4 nitrogen and oxygen atoms in total. The van der Waals surface area contributed by atoms with Gasteiger partial charge in [0.05, 0.1) is 17.5 Å². The van der Waals surface area contributed by atoms with Crippen molar-refractivity contribution in [3.8, 4) is 5.75 Å². The minimum absolute atomic E-state index is 0.107. The number of fused-ring (bicyclic) bond motifs is 5. The Labute approximate surface area is 149 Å². The van der Waals surface area contributed by atoms with Gasteiger partial charge in [0.25, 0.3) is 0 Å². The minimum atomic E-state index is -0.297. The summed E-state index contributed by atoms with van der Waals surface area (Å²) in [4.78, 5) is 27.2. The van der Waals surface area contributed by atoms with E-state index in [1.165, 1.54) is 18.2 Å². The van der Waals surface area contributed by atoms with E-state index in [0.29, 0.717) is 5.02 Å². The Bertz CT molecular complexity index is 665. The van der Waals surface area contributed by atoms with E-state index >= 15 is 0 Å². The Morgan fingerprint density at radius 3 is 2.18 bits per heavy atom. The van der Waals surface area contributed by atoms with Gasteiger partial charge >= 0.3 is 0 Å². The number of phenols is 1. The maximum Gasteiger partial charge on any atom is 0.238 e. The molecule has 1 heterocycles. The van der Waals surface area contributed by atoms with Crippen molar-refractivity contribution < 1.29 is 14.7 Å². The van der Waals surface area contributed by atoms with Gasteiger partial charge in [0, 0.05) is 14.7 Å². The molecule has 0 spiro atoms. The molecule has 7 heteroatoms. The van der Waals surface area contributed by atoms with Gasteiger partial charge in [0.2, 0.25) is 11.8 Å². The highest BCUT2D eigenvalue weighted by Gasteiger charge is 2.66. The van der Waals surface area contributed by atoms with E-state index in [2.05, 4.69) is 31.9 Å². The van der Waals surface area contributed by atoms with Gasteiger partial charge in [-0.25, -0.2) is 4.90 Å². The summed E-state index contributed by atoms with van der Waals surface area (Å²) in [6, 6.07) is 4.40. The molecule has 1 saturated heterocycles. The van der Waals surface area contributed by atoms with Crippen LogP contribution in [0.2, 0.25) is 5.02 Å². The van der Waals surface area contributed by atoms with Crippen LogP contribution in [0, 0.1) is 23.7 Å². The molecule has 2 aliphatic carbocycles. The molecule has 1 N–H and O–H groups in total. The Morgan fingerprint density at radius 2 is 1.64 bits per heavy atom. The van der Waals surface area contributed by atoms with Crippen LogP contribution >= 0.6 is 43.5 Å². The van der Waals surface area contributed by atoms with Crippen LogP contribution in [0.4, 0.5) is 5.69 Å². The normalized spacial score (nSPS) is 39.7. The van der Waals surface area contributed by atoms with Gasteiger partial charge in [-0.05, 0) is 36.5 Å². The topological polar surface area (TPSA) is 57.6 Å². The van der Waals surface area contributed by atoms with Crippen molar-refractivity contribution >= 4 is 61.0 Å². The van der Waals surface area contributed by atoms with E-state index in [4.69, 9.17) is 11.6 Å². The number of nitrogens with zero attached hydrogens (tertiary/aromatic N) is 1. The zero-order valence-corrected chi connectivity index (χ0v) is 15.2. The average Bonchev–Trinajstić information content (AvgIpc) is 3.07. The zero-order valence-electron chi connectivity index (χ0n) is 11.2. The predicted octanol–water partition coefficient (Wildman–Crippen LogP) is 3.33. The molecule has 3 aliphatic rings. The summed E-state index contributed by atoms with van der Waals surface area (Å²) in [5.41, 5.74) is 0.188. The quantitative estimate of drug-likeness (QED) is 0.529. The highest BCUT2D eigenvalue weighted by molar-refractivity contribution is 9.12. The van der Waals surface area contributed by atoms with E-state index in [1.807, 2.05) is 0 Å². The molecule has 1 aliphatic heterocycles. The van der Waals surface area contributed by atoms with Crippen LogP contribution in [0.15, 0.2) is 18.2 Å². The summed E-state index contributed by atoms with van der Waals surface area (Å²) in [5.74, 6) is -0.829. The number of anilines is 1. The Morgan fingerprint density at radius 1 is 1.09 bits per heavy atom. The lowest BCUT2D eigenvalue weighted by atomic mass is 9.81. The molecule has 2 saturated carbocycles. The third-order valence-electron chi connectivity index (χ3n) is 5.17. The molecule has 0 aromatic heterocycles. The number of hydrogen-bond acceptors (Lipinski definition) is 3. The molecule has 0 unspecified atom stereocenters. The van der Waals surface area contributed by atoms with E-state index in [-0.39, 0.29) is 56.6 Å². The van der Waals surface area contributed by atoms with Crippen molar-refractivity contribution in [3.63, 3.8) is 0 Å². The van der Waals surface area contributed by atoms with Crippen LogP contribution in [0.5, 0.6) is 5.75 Å². The summed E-state index contributed by atoms with van der Waals surface area (Å²) in [5, 5.41) is 10.4. The Hall–Kier alpha value is -0.590. The molecule has 1 aromatic rings. The standard InChI is InChI=1S/C15H12Br2ClNO3/c16-12-6-4-7(13(12)17)11-10(6)14(21)19(15(11)22)8-3-5(18)1-2-9(8)20/h1-3,6-7,10-13,20H,4H2/t6-,7+,10-,11+,12-,13+. The largest absolute Gasteiger partial charge is 0.506 e. The smallest absolute Gasteiger partial charge is 0.238 e. The first-order valence-corrected chi connectivity index (χ1v) is 9.27. The highest BCUT2D eigenvalue weighted by atomic mass is 79.9. The Kier molecular flexibility index (Phi) is 3.37. The van der Waals surface area contributed by atoms with Gasteiger partial charge in [-0.2, -0.15) is 0 Å². The molecule has 6 atom stereocenters. The number of imide groups is 1. The first-order chi connectivity index (χ1) is 10.4. The lowest BCUT2D eigenvalue weighted by molar-refractivity contribution is -0.123. The van der Waals surface area contributed by atoms with Crippen LogP contribution in [0.1, 0.15) is 6.42 Å². The maximum absolute atomic E-state index is 12.8. The van der Waals surface area contributed by atoms with Crippen LogP contribution in [-0.2, 0) is 9.59 Å². The third kappa shape index (κ3) is 1.80. The molecular weight excluding hydrogens is 437 g/mol. The number of carbonyl (C=O) groups excluding carboxylic acids is 2. The highest BCUT2D eigenvalue weighted by Crippen LogP contribution is 2.60. The zero-order chi connectivity index (χ0) is 15.8. The monoisotopic (exact) mass is 447 g/mol.